The average Bonchev–Trinajstić information content (AvgIpc) is 2.89. The SMILES string of the molecule is Cc1ccc(S(=O)(=O)OC[C@H]2OC=C[C@@H](OCc3ccccc3)[C@@H]2O[C@@H]2O[C@H](C)[C@@H](O)[C@H](O)[C@H]2I)cc1. The predicted octanol–water partition coefficient (Wildman–Crippen LogP) is 2.85. The molecule has 8 atom stereocenters. The minimum absolute atomic E-state index is 0.0349. The van der Waals surface area contributed by atoms with Crippen molar-refractivity contribution in [1.82, 2.24) is 0 Å². The van der Waals surface area contributed by atoms with E-state index in [-0.39, 0.29) is 18.1 Å². The molecule has 1 fully saturated rings. The summed E-state index contributed by atoms with van der Waals surface area (Å²) in [7, 11) is -4.05. The van der Waals surface area contributed by atoms with Crippen LogP contribution in [0.4, 0.5) is 0 Å². The summed E-state index contributed by atoms with van der Waals surface area (Å²) in [5, 5.41) is 20.6. The first-order chi connectivity index (χ1) is 17.7. The fraction of sp³-hybridized carbons (Fsp3) is 0.462. The monoisotopic (exact) mass is 646 g/mol. The molecule has 1 saturated heterocycles. The maximum Gasteiger partial charge on any atom is 0.297 e. The van der Waals surface area contributed by atoms with Crippen LogP contribution in [-0.2, 0) is 39.9 Å². The molecule has 0 aliphatic carbocycles. The predicted molar refractivity (Wildman–Crippen MR) is 142 cm³/mol. The molecule has 0 spiro atoms. The minimum Gasteiger partial charge on any atom is -0.493 e. The summed E-state index contributed by atoms with van der Waals surface area (Å²) in [6.07, 6.45) is -2.93. The van der Waals surface area contributed by atoms with Gasteiger partial charge in [0.05, 0.1) is 33.9 Å². The van der Waals surface area contributed by atoms with Gasteiger partial charge in [0.1, 0.15) is 24.9 Å². The van der Waals surface area contributed by atoms with Crippen molar-refractivity contribution in [3.05, 3.63) is 78.1 Å². The molecule has 2 aromatic carbocycles. The number of benzene rings is 2. The third-order valence-electron chi connectivity index (χ3n) is 6.25. The van der Waals surface area contributed by atoms with E-state index in [9.17, 15) is 18.6 Å². The van der Waals surface area contributed by atoms with Crippen LogP contribution in [0.15, 0.2) is 71.8 Å². The Morgan fingerprint density at radius 2 is 1.73 bits per heavy atom. The summed E-state index contributed by atoms with van der Waals surface area (Å²) in [5.41, 5.74) is 1.87. The third-order valence-corrected chi connectivity index (χ3v) is 8.87. The maximum absolute atomic E-state index is 12.8. The van der Waals surface area contributed by atoms with Crippen LogP contribution in [0.25, 0.3) is 0 Å². The van der Waals surface area contributed by atoms with E-state index in [1.165, 1.54) is 18.4 Å². The molecule has 4 rings (SSSR count). The number of alkyl halides is 1. The highest BCUT2D eigenvalue weighted by molar-refractivity contribution is 14.1. The maximum atomic E-state index is 12.8. The lowest BCUT2D eigenvalue weighted by Gasteiger charge is -2.43. The first-order valence-electron chi connectivity index (χ1n) is 11.9. The molecular weight excluding hydrogens is 615 g/mol. The third kappa shape index (κ3) is 7.09. The Bertz CT molecular complexity index is 1140. The van der Waals surface area contributed by atoms with Crippen LogP contribution in [0, 0.1) is 6.92 Å². The van der Waals surface area contributed by atoms with Gasteiger partial charge in [-0.2, -0.15) is 8.42 Å². The standard InChI is InChI=1S/C26H31IO9S/c1-16-8-10-19(11-9-16)37(30,31)34-15-21-25(36-26-22(27)24(29)23(28)17(2)35-26)20(12-13-32-21)33-14-18-6-4-3-5-7-18/h3-13,17,20-26,28-29H,14-15H2,1-2H3/t17-,20-,21-,22-,23-,24-,25+,26+/m1/s1. The Balaban J connectivity index is 1.51. The lowest BCUT2D eigenvalue weighted by molar-refractivity contribution is -0.276. The van der Waals surface area contributed by atoms with Crippen molar-refractivity contribution < 1.29 is 41.8 Å². The van der Waals surface area contributed by atoms with Crippen LogP contribution < -0.4 is 0 Å². The molecule has 2 aromatic rings. The van der Waals surface area contributed by atoms with Crippen LogP contribution in [-0.4, -0.2) is 72.1 Å². The average molecular weight is 646 g/mol. The van der Waals surface area contributed by atoms with E-state index in [1.54, 1.807) is 25.1 Å². The summed E-state index contributed by atoms with van der Waals surface area (Å²) in [4.78, 5) is 0.0349. The van der Waals surface area contributed by atoms with E-state index < -0.39 is 57.0 Å². The molecule has 2 aliphatic heterocycles. The molecule has 0 unspecified atom stereocenters. The molecule has 202 valence electrons. The minimum atomic E-state index is -4.05. The van der Waals surface area contributed by atoms with Gasteiger partial charge in [0.2, 0.25) is 0 Å². The van der Waals surface area contributed by atoms with Gasteiger partial charge in [0.15, 0.2) is 12.4 Å². The number of hydrogen-bond donors (Lipinski definition) is 2. The molecule has 37 heavy (non-hydrogen) atoms. The first-order valence-corrected chi connectivity index (χ1v) is 14.6. The van der Waals surface area contributed by atoms with Crippen molar-refractivity contribution in [1.29, 1.82) is 0 Å². The molecule has 0 saturated carbocycles. The van der Waals surface area contributed by atoms with Crippen LogP contribution in [0.3, 0.4) is 0 Å². The molecule has 2 aliphatic rings. The highest BCUT2D eigenvalue weighted by Crippen LogP contribution is 2.31. The van der Waals surface area contributed by atoms with Crippen molar-refractivity contribution in [3.8, 4) is 0 Å². The summed E-state index contributed by atoms with van der Waals surface area (Å²) >= 11 is 1.97. The second-order valence-corrected chi connectivity index (χ2v) is 12.1. The Labute approximate surface area is 230 Å². The van der Waals surface area contributed by atoms with Crippen molar-refractivity contribution in [2.24, 2.45) is 0 Å². The normalized spacial score (nSPS) is 32.1. The van der Waals surface area contributed by atoms with Crippen molar-refractivity contribution >= 4 is 32.7 Å². The van der Waals surface area contributed by atoms with Crippen LogP contribution in [0.5, 0.6) is 0 Å². The molecule has 0 amide bonds. The largest absolute Gasteiger partial charge is 0.493 e. The van der Waals surface area contributed by atoms with Crippen molar-refractivity contribution in [2.45, 2.75) is 72.2 Å². The van der Waals surface area contributed by atoms with Gasteiger partial charge in [0, 0.05) is 0 Å². The highest BCUT2D eigenvalue weighted by Gasteiger charge is 2.46. The van der Waals surface area contributed by atoms with E-state index in [0.717, 1.165) is 11.1 Å². The number of ether oxygens (including phenoxy) is 4. The fourth-order valence-electron chi connectivity index (χ4n) is 4.02. The Morgan fingerprint density at radius 3 is 2.43 bits per heavy atom. The summed E-state index contributed by atoms with van der Waals surface area (Å²) in [6.45, 7) is 3.45. The zero-order valence-electron chi connectivity index (χ0n) is 20.4. The lowest BCUT2D eigenvalue weighted by Crippen LogP contribution is -2.58. The van der Waals surface area contributed by atoms with E-state index in [1.807, 2.05) is 59.8 Å². The topological polar surface area (TPSA) is 121 Å². The Morgan fingerprint density at radius 1 is 1.03 bits per heavy atom. The summed E-state index contributed by atoms with van der Waals surface area (Å²) < 4.78 is 54.3. The number of hydrogen-bond acceptors (Lipinski definition) is 9. The van der Waals surface area contributed by atoms with E-state index >= 15 is 0 Å². The van der Waals surface area contributed by atoms with Gasteiger partial charge >= 0.3 is 0 Å². The van der Waals surface area contributed by atoms with Crippen LogP contribution >= 0.6 is 22.6 Å². The Kier molecular flexibility index (Phi) is 9.62. The van der Waals surface area contributed by atoms with E-state index in [0.29, 0.717) is 0 Å². The van der Waals surface area contributed by atoms with Crippen molar-refractivity contribution in [2.75, 3.05) is 6.61 Å². The highest BCUT2D eigenvalue weighted by atomic mass is 127. The van der Waals surface area contributed by atoms with E-state index in [4.69, 9.17) is 23.1 Å². The summed E-state index contributed by atoms with van der Waals surface area (Å²) in [5.74, 6) is 0. The molecular formula is C26H31IO9S. The van der Waals surface area contributed by atoms with Gasteiger partial charge in [-0.05, 0) is 37.6 Å². The van der Waals surface area contributed by atoms with Gasteiger partial charge in [0.25, 0.3) is 10.1 Å². The van der Waals surface area contributed by atoms with Gasteiger partial charge in [-0.1, -0.05) is 70.6 Å². The van der Waals surface area contributed by atoms with E-state index in [2.05, 4.69) is 0 Å². The molecule has 0 aromatic heterocycles. The molecule has 2 heterocycles. The fourth-order valence-corrected chi connectivity index (χ4v) is 5.71. The number of aryl methyl sites for hydroxylation is 1. The second-order valence-electron chi connectivity index (χ2n) is 9.05. The zero-order valence-corrected chi connectivity index (χ0v) is 23.4. The quantitative estimate of drug-likeness (QED) is 0.241. The van der Waals surface area contributed by atoms with Crippen LogP contribution in [0.2, 0.25) is 0 Å². The molecule has 11 heteroatoms. The Hall–Kier alpha value is -1.58. The van der Waals surface area contributed by atoms with Gasteiger partial charge in [-0.3, -0.25) is 4.18 Å². The number of rotatable bonds is 9. The second kappa shape index (κ2) is 12.5. The molecule has 9 nitrogen and oxygen atoms in total. The summed E-state index contributed by atoms with van der Waals surface area (Å²) in [6, 6.07) is 15.9. The van der Waals surface area contributed by atoms with Gasteiger partial charge in [-0.25, -0.2) is 0 Å². The number of aliphatic hydroxyl groups is 2. The molecule has 2 N–H and O–H groups in total. The number of aliphatic hydroxyl groups excluding tert-OH is 2. The number of halogens is 1. The first kappa shape index (κ1) is 28.4. The van der Waals surface area contributed by atoms with Crippen LogP contribution in [0.1, 0.15) is 18.1 Å². The lowest BCUT2D eigenvalue weighted by atomic mass is 10.0. The molecule has 0 bridgehead atoms. The molecule has 0 radical (unpaired) electrons. The van der Waals surface area contributed by atoms with Crippen molar-refractivity contribution in [3.63, 3.8) is 0 Å². The van der Waals surface area contributed by atoms with Gasteiger partial charge in [-0.15, -0.1) is 0 Å². The van der Waals surface area contributed by atoms with Gasteiger partial charge < -0.3 is 29.2 Å². The smallest absolute Gasteiger partial charge is 0.297 e. The zero-order chi connectivity index (χ0) is 26.6.